The number of urea groups is 1. The van der Waals surface area contributed by atoms with E-state index in [0.29, 0.717) is 38.0 Å². The number of H-pyrrole nitrogens is 1. The summed E-state index contributed by atoms with van der Waals surface area (Å²) in [5.41, 5.74) is 8.88. The lowest BCUT2D eigenvalue weighted by molar-refractivity contribution is -0.133. The first-order valence-corrected chi connectivity index (χ1v) is 28.9. The average Bonchev–Trinajstić information content (AvgIpc) is 4.04. The molecule has 3 aliphatic heterocycles. The van der Waals surface area contributed by atoms with E-state index in [2.05, 4.69) is 103 Å². The fourth-order valence-electron chi connectivity index (χ4n) is 9.68. The Hall–Kier alpha value is -6.92. The Morgan fingerprint density at radius 1 is 0.861 bits per heavy atom. The number of aromatic amines is 1. The lowest BCUT2D eigenvalue weighted by atomic mass is 9.95. The molecule has 0 spiro atoms. The molecule has 3 saturated heterocycles. The predicted molar refractivity (Wildman–Crippen MR) is 282 cm³/mol. The molecule has 72 heavy (non-hydrogen) atoms. The Kier molecular flexibility index (Phi) is 14.4. The summed E-state index contributed by atoms with van der Waals surface area (Å²) in [7, 11) is -1.28. The standard InChI is InChI=1S/C54H67N11O6Si/c1-35-29-39(11-18-43(35)36(2)57-50(68)51-59-52(60-71-51)54(3,4)5)48-44-30-45(58-49(44)56-33-55-48)38-9-12-41(13-10-38)62-25-26-63(47(67)32-62)31-37-19-22-61(23-20-37)40-14-16-42(17-15-40)64-24-21-46(66)65(53(64)69)34-70-27-28-72(6,7)8/h9-18,29-30,33,36-37H,19-28,31-32,34H2,1-8H3,(H,57,68)(H,55,56,58)/t36-/m1/s1. The average molecular weight is 994 g/mol. The summed E-state index contributed by atoms with van der Waals surface area (Å²) in [6.45, 7) is 21.9. The van der Waals surface area contributed by atoms with Gasteiger partial charge >= 0.3 is 17.8 Å². The minimum absolute atomic E-state index is 0.0101. The fourth-order valence-corrected chi connectivity index (χ4v) is 10.4. The van der Waals surface area contributed by atoms with E-state index in [9.17, 15) is 19.2 Å². The molecule has 1 atom stereocenters. The second kappa shape index (κ2) is 20.7. The van der Waals surface area contributed by atoms with E-state index >= 15 is 0 Å². The van der Waals surface area contributed by atoms with E-state index in [1.807, 2.05) is 63.8 Å². The molecule has 0 saturated carbocycles. The number of piperidine rings is 1. The van der Waals surface area contributed by atoms with Crippen molar-refractivity contribution in [2.24, 2.45) is 5.92 Å². The largest absolute Gasteiger partial charge is 0.372 e. The Morgan fingerprint density at radius 3 is 2.24 bits per heavy atom. The van der Waals surface area contributed by atoms with Crippen molar-refractivity contribution in [3.05, 3.63) is 102 Å². The number of aromatic nitrogens is 5. The Morgan fingerprint density at radius 2 is 1.56 bits per heavy atom. The summed E-state index contributed by atoms with van der Waals surface area (Å²) >= 11 is 0. The van der Waals surface area contributed by atoms with Gasteiger partial charge in [-0.3, -0.25) is 19.3 Å². The van der Waals surface area contributed by atoms with Crippen LogP contribution in [0.5, 0.6) is 0 Å². The van der Waals surface area contributed by atoms with Crippen molar-refractivity contribution >= 4 is 59.9 Å². The number of aryl methyl sites for hydroxylation is 1. The van der Waals surface area contributed by atoms with E-state index in [0.717, 1.165) is 107 Å². The predicted octanol–water partition coefficient (Wildman–Crippen LogP) is 8.81. The van der Waals surface area contributed by atoms with Gasteiger partial charge in [-0.05, 0) is 104 Å². The zero-order valence-electron chi connectivity index (χ0n) is 42.8. The summed E-state index contributed by atoms with van der Waals surface area (Å²) in [6, 6.07) is 24.9. The maximum atomic E-state index is 13.6. The number of nitrogens with zero attached hydrogens (tertiary/aromatic N) is 9. The van der Waals surface area contributed by atoms with Crippen molar-refractivity contribution in [1.82, 2.24) is 40.2 Å². The molecule has 3 aromatic carbocycles. The van der Waals surface area contributed by atoms with Crippen LogP contribution in [-0.4, -0.2) is 126 Å². The summed E-state index contributed by atoms with van der Waals surface area (Å²) in [6.07, 6.45) is 3.82. The van der Waals surface area contributed by atoms with Crippen LogP contribution in [-0.2, 0) is 19.7 Å². The Balaban J connectivity index is 0.751. The minimum Gasteiger partial charge on any atom is -0.372 e. The molecule has 17 nitrogen and oxygen atoms in total. The van der Waals surface area contributed by atoms with Gasteiger partial charge < -0.3 is 34.3 Å². The van der Waals surface area contributed by atoms with Gasteiger partial charge in [-0.1, -0.05) is 69.8 Å². The van der Waals surface area contributed by atoms with Crippen molar-refractivity contribution < 1.29 is 28.4 Å². The van der Waals surface area contributed by atoms with Crippen molar-refractivity contribution in [1.29, 1.82) is 0 Å². The van der Waals surface area contributed by atoms with Crippen LogP contribution >= 0.6 is 0 Å². The number of carbonyl (C=O) groups excluding carboxylic acids is 4. The number of carbonyl (C=O) groups is 4. The van der Waals surface area contributed by atoms with Gasteiger partial charge in [-0.15, -0.1) is 0 Å². The molecule has 3 aromatic heterocycles. The molecule has 18 heteroatoms. The molecular formula is C54H67N11O6Si. The third kappa shape index (κ3) is 11.2. The molecule has 0 radical (unpaired) electrons. The molecule has 0 unspecified atom stereocenters. The van der Waals surface area contributed by atoms with E-state index < -0.39 is 14.0 Å². The number of imide groups is 1. The lowest BCUT2D eigenvalue weighted by Gasteiger charge is -2.40. The van der Waals surface area contributed by atoms with Crippen LogP contribution in [0, 0.1) is 12.8 Å². The summed E-state index contributed by atoms with van der Waals surface area (Å²) in [5.74, 6) is 0.378. The number of ether oxygens (including phenoxy) is 1. The van der Waals surface area contributed by atoms with E-state index in [1.54, 1.807) is 11.2 Å². The highest BCUT2D eigenvalue weighted by Gasteiger charge is 2.34. The third-order valence-electron chi connectivity index (χ3n) is 14.1. The van der Waals surface area contributed by atoms with Crippen molar-refractivity contribution in [2.75, 3.05) is 73.9 Å². The highest BCUT2D eigenvalue weighted by Crippen LogP contribution is 2.34. The van der Waals surface area contributed by atoms with Crippen molar-refractivity contribution in [3.63, 3.8) is 0 Å². The number of benzene rings is 3. The van der Waals surface area contributed by atoms with Crippen LogP contribution in [0.3, 0.4) is 0 Å². The first-order valence-electron chi connectivity index (χ1n) is 25.2. The maximum absolute atomic E-state index is 13.6. The Bertz CT molecular complexity index is 2930. The molecule has 9 rings (SSSR count). The smallest absolute Gasteiger partial charge is 0.333 e. The van der Waals surface area contributed by atoms with Gasteiger partial charge in [0.2, 0.25) is 11.8 Å². The van der Waals surface area contributed by atoms with Gasteiger partial charge in [0.05, 0.1) is 18.3 Å². The molecule has 3 aliphatic rings. The molecular weight excluding hydrogens is 927 g/mol. The number of fused-ring (bicyclic) bond motifs is 1. The van der Waals surface area contributed by atoms with Gasteiger partial charge in [0, 0.05) is 99.5 Å². The zero-order chi connectivity index (χ0) is 50.9. The lowest BCUT2D eigenvalue weighted by Crippen LogP contribution is -2.53. The number of hydrogen-bond donors (Lipinski definition) is 2. The van der Waals surface area contributed by atoms with Gasteiger partial charge in [-0.25, -0.2) is 19.7 Å². The van der Waals surface area contributed by atoms with E-state index in [-0.39, 0.29) is 48.3 Å². The first kappa shape index (κ1) is 50.0. The zero-order valence-corrected chi connectivity index (χ0v) is 43.8. The number of hydrogen-bond acceptors (Lipinski definition) is 12. The second-order valence-electron chi connectivity index (χ2n) is 21.7. The van der Waals surface area contributed by atoms with Gasteiger partial charge in [0.25, 0.3) is 0 Å². The normalized spacial score (nSPS) is 16.8. The topological polar surface area (TPSA) is 186 Å². The van der Waals surface area contributed by atoms with Gasteiger partial charge in [-0.2, -0.15) is 4.98 Å². The summed E-state index contributed by atoms with van der Waals surface area (Å²) in [5, 5.41) is 7.86. The molecule has 2 N–H and O–H groups in total. The number of amides is 5. The number of piperazine rings is 1. The molecule has 378 valence electrons. The number of rotatable bonds is 15. The van der Waals surface area contributed by atoms with Crippen molar-refractivity contribution in [3.8, 4) is 22.5 Å². The van der Waals surface area contributed by atoms with Crippen LogP contribution in [0.2, 0.25) is 25.7 Å². The van der Waals surface area contributed by atoms with Crippen LogP contribution in [0.4, 0.5) is 21.9 Å². The van der Waals surface area contributed by atoms with Crippen LogP contribution in [0.15, 0.2) is 83.6 Å². The molecule has 5 amide bonds. The van der Waals surface area contributed by atoms with Crippen LogP contribution < -0.4 is 20.0 Å². The quantitative estimate of drug-likeness (QED) is 0.0737. The van der Waals surface area contributed by atoms with Crippen LogP contribution in [0.25, 0.3) is 33.5 Å². The second-order valence-corrected chi connectivity index (χ2v) is 27.3. The molecule has 0 aliphatic carbocycles. The minimum atomic E-state index is -1.28. The molecule has 3 fully saturated rings. The molecule has 6 aromatic rings. The molecule has 0 bridgehead atoms. The maximum Gasteiger partial charge on any atom is 0.333 e. The van der Waals surface area contributed by atoms with Crippen molar-refractivity contribution in [2.45, 2.75) is 91.0 Å². The van der Waals surface area contributed by atoms with Gasteiger partial charge in [0.15, 0.2) is 5.82 Å². The highest BCUT2D eigenvalue weighted by molar-refractivity contribution is 6.76. The van der Waals surface area contributed by atoms with E-state index in [1.165, 1.54) is 4.90 Å². The summed E-state index contributed by atoms with van der Waals surface area (Å²) in [4.78, 5) is 79.0. The number of nitrogens with one attached hydrogen (secondary N) is 2. The fraction of sp³-hybridized carbons (Fsp3) is 0.444. The summed E-state index contributed by atoms with van der Waals surface area (Å²) < 4.78 is 11.0. The first-order chi connectivity index (χ1) is 34.4. The Labute approximate surface area is 422 Å². The number of anilines is 3. The van der Waals surface area contributed by atoms with Gasteiger partial charge in [0.1, 0.15) is 18.7 Å². The monoisotopic (exact) mass is 994 g/mol. The van der Waals surface area contributed by atoms with Crippen LogP contribution in [0.1, 0.15) is 80.6 Å². The SMILES string of the molecule is Cc1cc(-c2ncnc3[nH]c(-c4ccc(N5CCN(CC6CCN(c7ccc(N8CCC(=O)N(COCC[Si](C)(C)C)C8=O)cc7)CC6)C(=O)C5)cc4)cc23)ccc1[C@@H](C)NC(=O)c1nc(C(C)(C)C)no1. The van der Waals surface area contributed by atoms with E-state index in [4.69, 9.17) is 14.2 Å². The third-order valence-corrected chi connectivity index (χ3v) is 15.8. The highest BCUT2D eigenvalue weighted by atomic mass is 28.3. The molecule has 6 heterocycles.